The van der Waals surface area contributed by atoms with E-state index in [0.717, 1.165) is 5.56 Å². The van der Waals surface area contributed by atoms with E-state index in [1.165, 1.54) is 0 Å². The molecule has 1 aromatic rings. The largest absolute Gasteiger partial charge is 0.390 e. The molecule has 0 saturated carbocycles. The fraction of sp³-hybridized carbons (Fsp3) is 0.333. The molecular formula is C15H20O2. The van der Waals surface area contributed by atoms with Gasteiger partial charge in [0.05, 0.1) is 19.3 Å². The van der Waals surface area contributed by atoms with Gasteiger partial charge in [0.15, 0.2) is 0 Å². The second-order valence-electron chi connectivity index (χ2n) is 3.84. The molecule has 1 rings (SSSR count). The summed E-state index contributed by atoms with van der Waals surface area (Å²) >= 11 is 0. The van der Waals surface area contributed by atoms with Crippen LogP contribution in [0.1, 0.15) is 18.9 Å². The highest BCUT2D eigenvalue weighted by atomic mass is 16.5. The predicted octanol–water partition coefficient (Wildman–Crippen LogP) is 3.09. The summed E-state index contributed by atoms with van der Waals surface area (Å²) in [6.45, 7) is 2.88. The molecule has 2 heteroatoms. The average molecular weight is 232 g/mol. The third-order valence-corrected chi connectivity index (χ3v) is 2.27. The van der Waals surface area contributed by atoms with Gasteiger partial charge in [0.1, 0.15) is 0 Å². The number of hydrogen-bond acceptors (Lipinski definition) is 2. The quantitative estimate of drug-likeness (QED) is 0.732. The highest BCUT2D eigenvalue weighted by Gasteiger charge is 2.01. The zero-order valence-electron chi connectivity index (χ0n) is 10.3. The predicted molar refractivity (Wildman–Crippen MR) is 70.7 cm³/mol. The summed E-state index contributed by atoms with van der Waals surface area (Å²) in [6.07, 6.45) is 7.96. The summed E-state index contributed by atoms with van der Waals surface area (Å²) in [5, 5.41) is 9.63. The molecular weight excluding hydrogens is 212 g/mol. The van der Waals surface area contributed by atoms with Gasteiger partial charge in [-0.3, -0.25) is 0 Å². The molecule has 0 amide bonds. The lowest BCUT2D eigenvalue weighted by atomic mass is 10.2. The molecule has 0 bridgehead atoms. The van der Waals surface area contributed by atoms with Crippen LogP contribution >= 0.6 is 0 Å². The maximum absolute atomic E-state index is 9.63. The molecule has 0 aromatic heterocycles. The third kappa shape index (κ3) is 6.72. The van der Waals surface area contributed by atoms with Crippen LogP contribution in [0.2, 0.25) is 0 Å². The first-order valence-electron chi connectivity index (χ1n) is 5.90. The van der Waals surface area contributed by atoms with Gasteiger partial charge in [0.2, 0.25) is 0 Å². The van der Waals surface area contributed by atoms with E-state index in [4.69, 9.17) is 4.74 Å². The van der Waals surface area contributed by atoms with Gasteiger partial charge in [0.25, 0.3) is 0 Å². The maximum atomic E-state index is 9.63. The van der Waals surface area contributed by atoms with Crippen molar-refractivity contribution in [3.63, 3.8) is 0 Å². The van der Waals surface area contributed by atoms with Crippen molar-refractivity contribution in [3.05, 3.63) is 60.2 Å². The Morgan fingerprint density at radius 3 is 2.71 bits per heavy atom. The molecule has 0 unspecified atom stereocenters. The van der Waals surface area contributed by atoms with Crippen molar-refractivity contribution in [2.24, 2.45) is 0 Å². The number of allylic oxidation sites excluding steroid dienone is 3. The van der Waals surface area contributed by atoms with Gasteiger partial charge in [-0.1, -0.05) is 54.6 Å². The zero-order valence-corrected chi connectivity index (χ0v) is 10.3. The van der Waals surface area contributed by atoms with Crippen LogP contribution in [0.5, 0.6) is 0 Å². The van der Waals surface area contributed by atoms with Crippen LogP contribution in [0, 0.1) is 0 Å². The SMILES string of the molecule is CC=CC=CC[C@@H](O)COCc1ccccc1. The summed E-state index contributed by atoms with van der Waals surface area (Å²) in [5.74, 6) is 0. The fourth-order valence-corrected chi connectivity index (χ4v) is 1.38. The van der Waals surface area contributed by atoms with Crippen molar-refractivity contribution >= 4 is 0 Å². The number of benzene rings is 1. The topological polar surface area (TPSA) is 29.5 Å². The van der Waals surface area contributed by atoms with E-state index in [-0.39, 0.29) is 0 Å². The lowest BCUT2D eigenvalue weighted by Crippen LogP contribution is -2.14. The van der Waals surface area contributed by atoms with Gasteiger partial charge < -0.3 is 9.84 Å². The van der Waals surface area contributed by atoms with Gasteiger partial charge in [-0.2, -0.15) is 0 Å². The van der Waals surface area contributed by atoms with E-state index < -0.39 is 6.10 Å². The molecule has 17 heavy (non-hydrogen) atoms. The van der Waals surface area contributed by atoms with Crippen LogP contribution in [0.4, 0.5) is 0 Å². The Labute approximate surface area is 103 Å². The van der Waals surface area contributed by atoms with E-state index in [2.05, 4.69) is 0 Å². The standard InChI is InChI=1S/C15H20O2/c1-2-3-4-8-11-15(16)13-17-12-14-9-6-5-7-10-14/h2-10,15-16H,11-13H2,1H3/t15-/m1/s1. The molecule has 1 atom stereocenters. The molecule has 0 aliphatic rings. The molecule has 0 aliphatic heterocycles. The zero-order chi connectivity index (χ0) is 12.3. The maximum Gasteiger partial charge on any atom is 0.0808 e. The molecule has 0 radical (unpaired) electrons. The molecule has 1 N–H and O–H groups in total. The summed E-state index contributed by atoms with van der Waals surface area (Å²) in [7, 11) is 0. The summed E-state index contributed by atoms with van der Waals surface area (Å²) in [4.78, 5) is 0. The van der Waals surface area contributed by atoms with Crippen molar-refractivity contribution < 1.29 is 9.84 Å². The lowest BCUT2D eigenvalue weighted by molar-refractivity contribution is 0.0301. The number of hydrogen-bond donors (Lipinski definition) is 1. The molecule has 0 aliphatic carbocycles. The second kappa shape index (κ2) is 8.74. The highest BCUT2D eigenvalue weighted by molar-refractivity contribution is 5.13. The molecule has 0 spiro atoms. The van der Waals surface area contributed by atoms with Crippen LogP contribution < -0.4 is 0 Å². The Balaban J connectivity index is 2.14. The molecule has 92 valence electrons. The average Bonchev–Trinajstić information content (AvgIpc) is 2.36. The van der Waals surface area contributed by atoms with Crippen molar-refractivity contribution in [2.45, 2.75) is 26.1 Å². The van der Waals surface area contributed by atoms with Crippen molar-refractivity contribution in [1.82, 2.24) is 0 Å². The Morgan fingerprint density at radius 1 is 1.24 bits per heavy atom. The molecule has 0 heterocycles. The van der Waals surface area contributed by atoms with Crippen molar-refractivity contribution in [3.8, 4) is 0 Å². The minimum absolute atomic E-state index is 0.370. The molecule has 2 nitrogen and oxygen atoms in total. The third-order valence-electron chi connectivity index (χ3n) is 2.27. The van der Waals surface area contributed by atoms with Crippen molar-refractivity contribution in [2.75, 3.05) is 6.61 Å². The van der Waals surface area contributed by atoms with Gasteiger partial charge in [-0.05, 0) is 18.9 Å². The Kier molecular flexibility index (Phi) is 7.03. The van der Waals surface area contributed by atoms with Crippen molar-refractivity contribution in [1.29, 1.82) is 0 Å². The number of ether oxygens (including phenoxy) is 1. The summed E-state index contributed by atoms with van der Waals surface area (Å²) < 4.78 is 5.44. The second-order valence-corrected chi connectivity index (χ2v) is 3.84. The Morgan fingerprint density at radius 2 is 2.00 bits per heavy atom. The first kappa shape index (κ1) is 13.7. The first-order valence-corrected chi connectivity index (χ1v) is 5.90. The fourth-order valence-electron chi connectivity index (χ4n) is 1.38. The Bertz CT molecular complexity index is 341. The van der Waals surface area contributed by atoms with E-state index in [9.17, 15) is 5.11 Å². The molecule has 0 saturated heterocycles. The van der Waals surface area contributed by atoms with Gasteiger partial charge >= 0.3 is 0 Å². The van der Waals surface area contributed by atoms with Crippen LogP contribution in [-0.4, -0.2) is 17.8 Å². The number of rotatable bonds is 7. The van der Waals surface area contributed by atoms with E-state index in [1.807, 2.05) is 61.6 Å². The monoisotopic (exact) mass is 232 g/mol. The van der Waals surface area contributed by atoms with E-state index >= 15 is 0 Å². The minimum atomic E-state index is -0.430. The number of aliphatic hydroxyl groups is 1. The highest BCUT2D eigenvalue weighted by Crippen LogP contribution is 2.02. The lowest BCUT2D eigenvalue weighted by Gasteiger charge is -2.08. The smallest absolute Gasteiger partial charge is 0.0808 e. The normalized spacial score (nSPS) is 13.5. The van der Waals surface area contributed by atoms with Crippen LogP contribution in [0.15, 0.2) is 54.6 Å². The summed E-state index contributed by atoms with van der Waals surface area (Å²) in [5.41, 5.74) is 1.13. The van der Waals surface area contributed by atoms with E-state index in [1.54, 1.807) is 0 Å². The molecule has 1 aromatic carbocycles. The van der Waals surface area contributed by atoms with Crippen LogP contribution in [0.25, 0.3) is 0 Å². The Hall–Kier alpha value is -1.38. The van der Waals surface area contributed by atoms with Crippen LogP contribution in [-0.2, 0) is 11.3 Å². The first-order chi connectivity index (χ1) is 8.33. The van der Waals surface area contributed by atoms with E-state index in [0.29, 0.717) is 19.6 Å². The number of aliphatic hydroxyl groups excluding tert-OH is 1. The minimum Gasteiger partial charge on any atom is -0.390 e. The van der Waals surface area contributed by atoms with Crippen LogP contribution in [0.3, 0.4) is 0 Å². The van der Waals surface area contributed by atoms with Gasteiger partial charge in [0, 0.05) is 0 Å². The summed E-state index contributed by atoms with van der Waals surface area (Å²) in [6, 6.07) is 9.96. The van der Waals surface area contributed by atoms with Gasteiger partial charge in [-0.15, -0.1) is 0 Å². The molecule has 0 fully saturated rings. The van der Waals surface area contributed by atoms with Gasteiger partial charge in [-0.25, -0.2) is 0 Å².